The smallest absolute Gasteiger partial charge is 0.143 e. The first kappa shape index (κ1) is 14.7. The maximum absolute atomic E-state index is 6.22. The molecule has 0 aliphatic carbocycles. The minimum absolute atomic E-state index is 0.187. The van der Waals surface area contributed by atoms with E-state index in [2.05, 4.69) is 30.0 Å². The summed E-state index contributed by atoms with van der Waals surface area (Å²) in [5.74, 6) is 0.992. The van der Waals surface area contributed by atoms with Gasteiger partial charge in [-0.15, -0.1) is 0 Å². The lowest BCUT2D eigenvalue weighted by Crippen LogP contribution is -2.40. The minimum atomic E-state index is 0.187. The largest absolute Gasteiger partial charge is 0.486 e. The third kappa shape index (κ3) is 3.69. The van der Waals surface area contributed by atoms with E-state index < -0.39 is 0 Å². The average molecular weight is 290 g/mol. The molecule has 2 fully saturated rings. The Morgan fingerprint density at radius 3 is 2.76 bits per heavy atom. The van der Waals surface area contributed by atoms with Crippen LogP contribution >= 0.6 is 0 Å². The van der Waals surface area contributed by atoms with Gasteiger partial charge < -0.3 is 20.1 Å². The number of rotatable bonds is 3. The van der Waals surface area contributed by atoms with Crippen LogP contribution in [0.2, 0.25) is 0 Å². The topological polar surface area (TPSA) is 47.7 Å². The molecule has 2 aliphatic rings. The van der Waals surface area contributed by atoms with Gasteiger partial charge in [0.05, 0.1) is 12.3 Å². The molecule has 1 unspecified atom stereocenters. The van der Waals surface area contributed by atoms with Gasteiger partial charge in [-0.3, -0.25) is 0 Å². The number of aryl methyl sites for hydroxylation is 1. The van der Waals surface area contributed by atoms with Crippen LogP contribution in [0.5, 0.6) is 5.75 Å². The number of piperidine rings is 1. The minimum Gasteiger partial charge on any atom is -0.486 e. The zero-order valence-electron chi connectivity index (χ0n) is 12.9. The van der Waals surface area contributed by atoms with E-state index in [1.165, 1.54) is 11.3 Å². The summed E-state index contributed by atoms with van der Waals surface area (Å²) in [5.41, 5.74) is 8.50. The second kappa shape index (κ2) is 6.67. The molecule has 3 rings (SSSR count). The van der Waals surface area contributed by atoms with Gasteiger partial charge in [-0.05, 0) is 50.3 Å². The summed E-state index contributed by atoms with van der Waals surface area (Å²) in [7, 11) is 0. The molecule has 116 valence electrons. The number of hydrogen-bond donors (Lipinski definition) is 1. The second-order valence-corrected chi connectivity index (χ2v) is 6.25. The van der Waals surface area contributed by atoms with Crippen LogP contribution < -0.4 is 15.4 Å². The van der Waals surface area contributed by atoms with Gasteiger partial charge in [0.1, 0.15) is 11.9 Å². The highest BCUT2D eigenvalue weighted by Gasteiger charge is 2.22. The molecule has 0 bridgehead atoms. The Bertz CT molecular complexity index is 464. The van der Waals surface area contributed by atoms with Gasteiger partial charge in [-0.25, -0.2) is 0 Å². The van der Waals surface area contributed by atoms with E-state index in [1.54, 1.807) is 0 Å². The number of anilines is 1. The van der Waals surface area contributed by atoms with Crippen molar-refractivity contribution in [2.45, 2.75) is 44.8 Å². The third-order valence-corrected chi connectivity index (χ3v) is 4.41. The van der Waals surface area contributed by atoms with E-state index in [9.17, 15) is 0 Å². The fourth-order valence-electron chi connectivity index (χ4n) is 3.10. The summed E-state index contributed by atoms with van der Waals surface area (Å²) in [4.78, 5) is 2.41. The van der Waals surface area contributed by atoms with Crippen LogP contribution in [0.15, 0.2) is 18.2 Å². The third-order valence-electron chi connectivity index (χ3n) is 4.41. The van der Waals surface area contributed by atoms with Crippen molar-refractivity contribution in [1.29, 1.82) is 0 Å². The molecule has 1 atom stereocenters. The molecular weight excluding hydrogens is 264 g/mol. The Morgan fingerprint density at radius 2 is 2.05 bits per heavy atom. The molecule has 0 amide bonds. The molecule has 21 heavy (non-hydrogen) atoms. The average Bonchev–Trinajstić information content (AvgIpc) is 2.51. The van der Waals surface area contributed by atoms with Gasteiger partial charge in [0.2, 0.25) is 0 Å². The van der Waals surface area contributed by atoms with Crippen molar-refractivity contribution >= 4 is 5.69 Å². The van der Waals surface area contributed by atoms with Crippen molar-refractivity contribution in [3.05, 3.63) is 23.8 Å². The molecule has 4 nitrogen and oxygen atoms in total. The Kier molecular flexibility index (Phi) is 4.66. The zero-order chi connectivity index (χ0) is 14.7. The highest BCUT2D eigenvalue weighted by Crippen LogP contribution is 2.33. The van der Waals surface area contributed by atoms with Gasteiger partial charge in [0.25, 0.3) is 0 Å². The van der Waals surface area contributed by atoms with Crippen LogP contribution in [0.25, 0.3) is 0 Å². The lowest BCUT2D eigenvalue weighted by atomic mass is 10.0. The van der Waals surface area contributed by atoms with Crippen molar-refractivity contribution in [2.75, 3.05) is 31.2 Å². The number of benzene rings is 1. The van der Waals surface area contributed by atoms with Crippen LogP contribution in [0.3, 0.4) is 0 Å². The summed E-state index contributed by atoms with van der Waals surface area (Å²) >= 11 is 0. The molecule has 0 radical (unpaired) electrons. The van der Waals surface area contributed by atoms with Gasteiger partial charge in [0, 0.05) is 25.7 Å². The molecule has 2 aliphatic heterocycles. The predicted octanol–water partition coefficient (Wildman–Crippen LogP) is 2.48. The van der Waals surface area contributed by atoms with Crippen LogP contribution in [0.4, 0.5) is 5.69 Å². The molecular formula is C17H26N2O2. The van der Waals surface area contributed by atoms with Gasteiger partial charge in [-0.2, -0.15) is 0 Å². The van der Waals surface area contributed by atoms with E-state index >= 15 is 0 Å². The van der Waals surface area contributed by atoms with Crippen molar-refractivity contribution < 1.29 is 9.47 Å². The Hall–Kier alpha value is -1.26. The van der Waals surface area contributed by atoms with Crippen molar-refractivity contribution in [2.24, 2.45) is 5.73 Å². The van der Waals surface area contributed by atoms with Gasteiger partial charge >= 0.3 is 0 Å². The van der Waals surface area contributed by atoms with Crippen molar-refractivity contribution in [1.82, 2.24) is 0 Å². The number of nitrogens with two attached hydrogens (primary N) is 1. The Labute approximate surface area is 127 Å². The molecule has 0 saturated carbocycles. The van der Waals surface area contributed by atoms with Crippen molar-refractivity contribution in [3.8, 4) is 5.75 Å². The molecule has 0 aromatic heterocycles. The fourth-order valence-corrected chi connectivity index (χ4v) is 3.10. The van der Waals surface area contributed by atoms with E-state index in [4.69, 9.17) is 15.2 Å². The van der Waals surface area contributed by atoms with E-state index in [-0.39, 0.29) is 6.10 Å². The van der Waals surface area contributed by atoms with Crippen LogP contribution in [0, 0.1) is 6.92 Å². The summed E-state index contributed by atoms with van der Waals surface area (Å²) in [5, 5.41) is 0. The molecule has 0 spiro atoms. The maximum Gasteiger partial charge on any atom is 0.143 e. The lowest BCUT2D eigenvalue weighted by molar-refractivity contribution is 0.00760. The molecule has 2 N–H and O–H groups in total. The molecule has 4 heteroatoms. The molecule has 1 aromatic rings. The Morgan fingerprint density at radius 1 is 1.24 bits per heavy atom. The van der Waals surface area contributed by atoms with E-state index in [1.807, 2.05) is 0 Å². The van der Waals surface area contributed by atoms with Crippen molar-refractivity contribution in [3.63, 3.8) is 0 Å². The first-order valence-corrected chi connectivity index (χ1v) is 8.08. The number of hydrogen-bond acceptors (Lipinski definition) is 4. The quantitative estimate of drug-likeness (QED) is 0.929. The number of nitrogens with zero attached hydrogens (tertiary/aromatic N) is 1. The maximum atomic E-state index is 6.22. The standard InChI is InChI=1S/C17H26N2O2/c1-13-4-5-17(21-15-3-2-10-20-12-15)16(11-13)19-8-6-14(18)7-9-19/h4-5,11,14-15H,2-3,6-10,12,18H2,1H3. The molecule has 2 saturated heterocycles. The zero-order valence-corrected chi connectivity index (χ0v) is 12.9. The molecule has 2 heterocycles. The molecule has 1 aromatic carbocycles. The van der Waals surface area contributed by atoms with Gasteiger partial charge in [0.15, 0.2) is 0 Å². The summed E-state index contributed by atoms with van der Waals surface area (Å²) in [6.07, 6.45) is 4.47. The van der Waals surface area contributed by atoms with Gasteiger partial charge in [-0.1, -0.05) is 6.07 Å². The number of ether oxygens (including phenoxy) is 2. The first-order chi connectivity index (χ1) is 10.2. The Balaban J connectivity index is 1.76. The lowest BCUT2D eigenvalue weighted by Gasteiger charge is -2.34. The summed E-state index contributed by atoms with van der Waals surface area (Å²) in [6.45, 7) is 5.74. The summed E-state index contributed by atoms with van der Waals surface area (Å²) < 4.78 is 11.7. The highest BCUT2D eigenvalue weighted by atomic mass is 16.5. The highest BCUT2D eigenvalue weighted by molar-refractivity contribution is 5.60. The monoisotopic (exact) mass is 290 g/mol. The van der Waals surface area contributed by atoms with E-state index in [0.29, 0.717) is 12.6 Å². The first-order valence-electron chi connectivity index (χ1n) is 8.08. The van der Waals surface area contributed by atoms with Crippen LogP contribution in [-0.4, -0.2) is 38.4 Å². The summed E-state index contributed by atoms with van der Waals surface area (Å²) in [6, 6.07) is 6.81. The fraction of sp³-hybridized carbons (Fsp3) is 0.647. The van der Waals surface area contributed by atoms with Crippen LogP contribution in [0.1, 0.15) is 31.2 Å². The second-order valence-electron chi connectivity index (χ2n) is 6.25. The normalized spacial score (nSPS) is 24.1. The SMILES string of the molecule is Cc1ccc(OC2CCCOC2)c(N2CCC(N)CC2)c1. The van der Waals surface area contributed by atoms with Crippen LogP contribution in [-0.2, 0) is 4.74 Å². The van der Waals surface area contributed by atoms with E-state index in [0.717, 1.165) is 51.1 Å². The predicted molar refractivity (Wildman–Crippen MR) is 85.1 cm³/mol.